The van der Waals surface area contributed by atoms with Crippen LogP contribution in [-0.2, 0) is 26.2 Å². The van der Waals surface area contributed by atoms with E-state index in [-0.39, 0.29) is 23.4 Å². The molecule has 7 nitrogen and oxygen atoms in total. The summed E-state index contributed by atoms with van der Waals surface area (Å²) in [6.07, 6.45) is 4.44. The van der Waals surface area contributed by atoms with Crippen molar-refractivity contribution in [2.24, 2.45) is 0 Å². The van der Waals surface area contributed by atoms with Gasteiger partial charge in [0, 0.05) is 12.6 Å². The van der Waals surface area contributed by atoms with Crippen LogP contribution in [0.4, 0.5) is 5.69 Å². The minimum absolute atomic E-state index is 0.0992. The lowest BCUT2D eigenvalue weighted by molar-refractivity contribution is -0.140. The minimum Gasteiger partial charge on any atom is -0.352 e. The molecule has 0 aromatic heterocycles. The zero-order chi connectivity index (χ0) is 28.7. The zero-order valence-electron chi connectivity index (χ0n) is 23.5. The Hall–Kier alpha value is -3.65. The molecule has 0 saturated heterocycles. The van der Waals surface area contributed by atoms with Crippen molar-refractivity contribution in [2.45, 2.75) is 76.4 Å². The first-order chi connectivity index (χ1) is 19.2. The summed E-state index contributed by atoms with van der Waals surface area (Å²) < 4.78 is 29.0. The van der Waals surface area contributed by atoms with Crippen LogP contribution in [-0.4, -0.2) is 43.8 Å². The van der Waals surface area contributed by atoms with Crippen molar-refractivity contribution in [3.8, 4) is 0 Å². The van der Waals surface area contributed by atoms with E-state index in [2.05, 4.69) is 5.32 Å². The molecule has 4 rings (SSSR count). The fourth-order valence-electron chi connectivity index (χ4n) is 5.25. The van der Waals surface area contributed by atoms with Gasteiger partial charge in [-0.15, -0.1) is 0 Å². The Labute approximate surface area is 238 Å². The molecule has 2 amide bonds. The van der Waals surface area contributed by atoms with E-state index >= 15 is 0 Å². The molecule has 212 valence electrons. The van der Waals surface area contributed by atoms with Crippen molar-refractivity contribution >= 4 is 27.5 Å². The topological polar surface area (TPSA) is 86.8 Å². The van der Waals surface area contributed by atoms with Gasteiger partial charge in [-0.25, -0.2) is 8.42 Å². The van der Waals surface area contributed by atoms with Crippen molar-refractivity contribution in [1.29, 1.82) is 0 Å². The Morgan fingerprint density at radius 1 is 0.900 bits per heavy atom. The number of amides is 2. The second-order valence-corrected chi connectivity index (χ2v) is 12.4. The number of hydrogen-bond donors (Lipinski definition) is 1. The highest BCUT2D eigenvalue weighted by atomic mass is 32.2. The van der Waals surface area contributed by atoms with E-state index in [0.29, 0.717) is 12.1 Å². The monoisotopic (exact) mass is 561 g/mol. The second kappa shape index (κ2) is 13.1. The van der Waals surface area contributed by atoms with Gasteiger partial charge < -0.3 is 10.2 Å². The molecule has 3 aromatic carbocycles. The number of aryl methyl sites for hydroxylation is 2. The fraction of sp³-hybridized carbons (Fsp3) is 0.375. The summed E-state index contributed by atoms with van der Waals surface area (Å²) >= 11 is 0. The van der Waals surface area contributed by atoms with Crippen molar-refractivity contribution in [2.75, 3.05) is 10.8 Å². The van der Waals surface area contributed by atoms with Crippen LogP contribution < -0.4 is 9.62 Å². The number of para-hydroxylation sites is 1. The van der Waals surface area contributed by atoms with Gasteiger partial charge in [-0.05, 0) is 62.4 Å². The second-order valence-electron chi connectivity index (χ2n) is 10.5. The maximum Gasteiger partial charge on any atom is 0.264 e. The summed E-state index contributed by atoms with van der Waals surface area (Å²) in [5, 5.41) is 3.15. The Balaban J connectivity index is 1.71. The molecule has 0 bridgehead atoms. The van der Waals surface area contributed by atoms with E-state index in [9.17, 15) is 18.0 Å². The molecule has 0 aliphatic heterocycles. The van der Waals surface area contributed by atoms with Crippen molar-refractivity contribution in [1.82, 2.24) is 10.2 Å². The molecule has 0 unspecified atom stereocenters. The van der Waals surface area contributed by atoms with Gasteiger partial charge in [0.15, 0.2) is 0 Å². The van der Waals surface area contributed by atoms with Gasteiger partial charge in [0.05, 0.1) is 10.6 Å². The van der Waals surface area contributed by atoms with E-state index in [0.717, 1.165) is 42.4 Å². The van der Waals surface area contributed by atoms with Crippen molar-refractivity contribution < 1.29 is 18.0 Å². The van der Waals surface area contributed by atoms with Gasteiger partial charge in [-0.1, -0.05) is 86.0 Å². The van der Waals surface area contributed by atoms with Crippen LogP contribution in [0.1, 0.15) is 55.7 Å². The highest BCUT2D eigenvalue weighted by molar-refractivity contribution is 7.92. The Bertz CT molecular complexity index is 1400. The van der Waals surface area contributed by atoms with Crippen molar-refractivity contribution in [3.63, 3.8) is 0 Å². The summed E-state index contributed by atoms with van der Waals surface area (Å²) in [5.41, 5.74) is 3.12. The maximum absolute atomic E-state index is 14.2. The minimum atomic E-state index is -4.07. The summed E-state index contributed by atoms with van der Waals surface area (Å²) in [6, 6.07) is 22.4. The van der Waals surface area contributed by atoms with Crippen molar-refractivity contribution in [3.05, 3.63) is 95.6 Å². The summed E-state index contributed by atoms with van der Waals surface area (Å²) in [5.74, 6) is -0.625. The van der Waals surface area contributed by atoms with Gasteiger partial charge in [0.25, 0.3) is 10.0 Å². The lowest BCUT2D eigenvalue weighted by Crippen LogP contribution is -2.53. The molecule has 1 fully saturated rings. The molecule has 1 saturated carbocycles. The first kappa shape index (κ1) is 29.3. The van der Waals surface area contributed by atoms with E-state index in [1.807, 2.05) is 57.2 Å². The first-order valence-electron chi connectivity index (χ1n) is 14.0. The SMILES string of the molecule is CC[C@H](C(=O)NC1CCCC1)N(Cc1ccc(C)cc1)C(=O)CN(c1ccccc1C)S(=O)(=O)c1ccccc1. The lowest BCUT2D eigenvalue weighted by atomic mass is 10.1. The standard InChI is InChI=1S/C32H39N3O4S/c1-4-29(32(37)33-27-13-9-10-14-27)34(22-26-20-18-24(2)19-21-26)31(36)23-35(30-17-11-8-12-25(30)3)40(38,39)28-15-6-5-7-16-28/h5-8,11-12,15-21,27,29H,4,9-10,13-14,22-23H2,1-3H3,(H,33,37)/t29-/m1/s1. The molecule has 1 atom stereocenters. The first-order valence-corrected chi connectivity index (χ1v) is 15.4. The fourth-order valence-corrected chi connectivity index (χ4v) is 6.75. The molecule has 8 heteroatoms. The van der Waals surface area contributed by atoms with Gasteiger partial charge in [-0.2, -0.15) is 0 Å². The molecule has 1 aliphatic rings. The van der Waals surface area contributed by atoms with Crippen LogP contribution in [0.2, 0.25) is 0 Å². The molecule has 0 spiro atoms. The number of nitrogens with one attached hydrogen (secondary N) is 1. The third-order valence-corrected chi connectivity index (χ3v) is 9.33. The number of hydrogen-bond acceptors (Lipinski definition) is 4. The maximum atomic E-state index is 14.2. The normalized spacial score (nSPS) is 14.5. The Morgan fingerprint density at radius 2 is 1.52 bits per heavy atom. The predicted octanol–water partition coefficient (Wildman–Crippen LogP) is 5.36. The van der Waals surface area contributed by atoms with E-state index < -0.39 is 28.5 Å². The quantitative estimate of drug-likeness (QED) is 0.341. The number of carbonyl (C=O) groups is 2. The zero-order valence-corrected chi connectivity index (χ0v) is 24.4. The highest BCUT2D eigenvalue weighted by Gasteiger charge is 2.34. The predicted molar refractivity (Wildman–Crippen MR) is 158 cm³/mol. The molecular weight excluding hydrogens is 522 g/mol. The molecule has 0 radical (unpaired) electrons. The van der Waals surface area contributed by atoms with Gasteiger partial charge in [0.1, 0.15) is 12.6 Å². The molecular formula is C32H39N3O4S. The van der Waals surface area contributed by atoms with Crippen LogP contribution in [0.3, 0.4) is 0 Å². The number of benzene rings is 3. The van der Waals surface area contributed by atoms with Crippen LogP contribution in [0, 0.1) is 13.8 Å². The number of sulfonamides is 1. The van der Waals surface area contributed by atoms with Gasteiger partial charge in [-0.3, -0.25) is 13.9 Å². The number of rotatable bonds is 11. The van der Waals surface area contributed by atoms with Gasteiger partial charge >= 0.3 is 0 Å². The van der Waals surface area contributed by atoms with E-state index in [1.165, 1.54) is 16.4 Å². The number of nitrogens with zero attached hydrogens (tertiary/aromatic N) is 2. The number of anilines is 1. The Kier molecular flexibility index (Phi) is 9.63. The van der Waals surface area contributed by atoms with E-state index in [1.54, 1.807) is 35.2 Å². The van der Waals surface area contributed by atoms with Crippen LogP contribution in [0.5, 0.6) is 0 Å². The average molecular weight is 562 g/mol. The van der Waals surface area contributed by atoms with Crippen LogP contribution in [0.25, 0.3) is 0 Å². The number of carbonyl (C=O) groups excluding carboxylic acids is 2. The lowest BCUT2D eigenvalue weighted by Gasteiger charge is -2.34. The van der Waals surface area contributed by atoms with Crippen LogP contribution in [0.15, 0.2) is 83.8 Å². The largest absolute Gasteiger partial charge is 0.352 e. The summed E-state index contributed by atoms with van der Waals surface area (Å²) in [6.45, 7) is 5.46. The molecule has 3 aromatic rings. The van der Waals surface area contributed by atoms with E-state index in [4.69, 9.17) is 0 Å². The molecule has 40 heavy (non-hydrogen) atoms. The molecule has 1 aliphatic carbocycles. The smallest absolute Gasteiger partial charge is 0.264 e. The molecule has 0 heterocycles. The third kappa shape index (κ3) is 6.91. The van der Waals surface area contributed by atoms with Crippen LogP contribution >= 0.6 is 0 Å². The molecule has 1 N–H and O–H groups in total. The Morgan fingerprint density at radius 3 is 2.15 bits per heavy atom. The third-order valence-electron chi connectivity index (χ3n) is 7.56. The summed E-state index contributed by atoms with van der Waals surface area (Å²) in [7, 11) is -4.07. The van der Waals surface area contributed by atoms with Gasteiger partial charge in [0.2, 0.25) is 11.8 Å². The average Bonchev–Trinajstić information content (AvgIpc) is 3.46. The highest BCUT2D eigenvalue weighted by Crippen LogP contribution is 2.27. The summed E-state index contributed by atoms with van der Waals surface area (Å²) in [4.78, 5) is 29.3.